The lowest BCUT2D eigenvalue weighted by Gasteiger charge is -2.20. The maximum absolute atomic E-state index is 12.5. The van der Waals surface area contributed by atoms with E-state index in [-0.39, 0.29) is 18.5 Å². The molecule has 0 bridgehead atoms. The fourth-order valence-electron chi connectivity index (χ4n) is 10.0. The van der Waals surface area contributed by atoms with Gasteiger partial charge in [0.2, 0.25) is 5.91 Å². The van der Waals surface area contributed by atoms with Crippen molar-refractivity contribution in [1.82, 2.24) is 5.32 Å². The molecule has 0 saturated heterocycles. The van der Waals surface area contributed by atoms with Gasteiger partial charge in [-0.1, -0.05) is 294 Å². The van der Waals surface area contributed by atoms with E-state index in [0.29, 0.717) is 19.4 Å². The van der Waals surface area contributed by atoms with Crippen LogP contribution in [-0.4, -0.2) is 47.4 Å². The smallest absolute Gasteiger partial charge is 0.305 e. The molecule has 3 N–H and O–H groups in total. The Labute approximate surface area is 461 Å². The summed E-state index contributed by atoms with van der Waals surface area (Å²) in [6.07, 6.45) is 81.6. The van der Waals surface area contributed by atoms with Crippen molar-refractivity contribution in [2.24, 2.45) is 0 Å². The summed E-state index contributed by atoms with van der Waals surface area (Å²) in [6, 6.07) is -0.632. The van der Waals surface area contributed by atoms with E-state index in [4.69, 9.17) is 4.74 Å². The zero-order chi connectivity index (χ0) is 53.6. The summed E-state index contributed by atoms with van der Waals surface area (Å²) in [6.45, 7) is 4.89. The number of hydrogen-bond donors (Lipinski definition) is 3. The number of carbonyl (C=O) groups is 2. The van der Waals surface area contributed by atoms with E-state index in [0.717, 1.165) is 51.4 Å². The molecule has 1 amide bonds. The first-order valence-corrected chi connectivity index (χ1v) is 32.9. The zero-order valence-electron chi connectivity index (χ0n) is 49.6. The summed E-state index contributed by atoms with van der Waals surface area (Å²) < 4.78 is 5.48. The monoisotopic (exact) mass is 1040 g/mol. The predicted octanol–water partition coefficient (Wildman–Crippen LogP) is 20.9. The number of nitrogens with one attached hydrogen (secondary N) is 1. The summed E-state index contributed by atoms with van der Waals surface area (Å²) in [5.74, 6) is -0.0726. The van der Waals surface area contributed by atoms with Gasteiger partial charge < -0.3 is 20.3 Å². The average Bonchev–Trinajstić information content (AvgIpc) is 3.40. The number of unbranched alkanes of at least 4 members (excludes halogenated alkanes) is 44. The molecule has 0 saturated carbocycles. The first-order chi connectivity index (χ1) is 36.5. The fourth-order valence-corrected chi connectivity index (χ4v) is 10.0. The summed E-state index contributed by atoms with van der Waals surface area (Å²) in [5, 5.41) is 23.2. The molecule has 0 heterocycles. The Hall–Kier alpha value is -2.18. The van der Waals surface area contributed by atoms with E-state index in [2.05, 4.69) is 55.6 Å². The Kier molecular flexibility index (Phi) is 61.5. The lowest BCUT2D eigenvalue weighted by molar-refractivity contribution is -0.143. The fraction of sp³-hybridized carbons (Fsp3) is 0.853. The highest BCUT2D eigenvalue weighted by molar-refractivity contribution is 5.76. The highest BCUT2D eigenvalue weighted by atomic mass is 16.5. The number of hydrogen-bond acceptors (Lipinski definition) is 5. The summed E-state index contributed by atoms with van der Waals surface area (Å²) >= 11 is 0. The number of aliphatic hydroxyl groups excluding tert-OH is 2. The van der Waals surface area contributed by atoms with Crippen molar-refractivity contribution in [3.63, 3.8) is 0 Å². The van der Waals surface area contributed by atoms with E-state index in [1.165, 1.54) is 270 Å². The van der Waals surface area contributed by atoms with Gasteiger partial charge in [0.15, 0.2) is 0 Å². The third-order valence-corrected chi connectivity index (χ3v) is 15.1. The molecular formula is C68H127NO5. The molecular weight excluding hydrogens is 911 g/mol. The Morgan fingerprint density at radius 2 is 0.676 bits per heavy atom. The maximum Gasteiger partial charge on any atom is 0.305 e. The summed E-state index contributed by atoms with van der Waals surface area (Å²) in [5.41, 5.74) is 0. The van der Waals surface area contributed by atoms with Crippen LogP contribution < -0.4 is 5.32 Å². The Bertz CT molecular complexity index is 1240. The second-order valence-electron chi connectivity index (χ2n) is 22.4. The van der Waals surface area contributed by atoms with E-state index < -0.39 is 12.1 Å². The van der Waals surface area contributed by atoms with Crippen LogP contribution in [0.1, 0.15) is 348 Å². The van der Waals surface area contributed by atoms with E-state index >= 15 is 0 Å². The van der Waals surface area contributed by atoms with Crippen LogP contribution in [-0.2, 0) is 14.3 Å². The third-order valence-electron chi connectivity index (χ3n) is 15.1. The van der Waals surface area contributed by atoms with Gasteiger partial charge in [0, 0.05) is 12.8 Å². The van der Waals surface area contributed by atoms with Crippen LogP contribution in [0.3, 0.4) is 0 Å². The predicted molar refractivity (Wildman–Crippen MR) is 324 cm³/mol. The van der Waals surface area contributed by atoms with Gasteiger partial charge >= 0.3 is 5.97 Å². The van der Waals surface area contributed by atoms with Gasteiger partial charge in [0.25, 0.3) is 0 Å². The standard InChI is InChI=1S/C68H127NO5/c1-3-5-7-9-11-13-15-17-19-29-32-36-40-44-48-52-56-60-66(71)65(64-70)69-67(72)61-57-53-49-45-41-37-33-30-27-25-23-21-22-24-26-28-31-35-39-43-47-51-55-59-63-74-68(73)62-58-54-50-46-42-38-34-20-18-16-14-12-10-8-6-4-2/h14,16,20,23,25,34,56,60,65-66,70-71H,3-13,15,17-19,21-22,24,26-33,35-55,57-59,61-64H2,1-2H3,(H,69,72)/b16-14-,25-23-,34-20-,60-56+. The molecule has 0 radical (unpaired) electrons. The Morgan fingerprint density at radius 1 is 0.378 bits per heavy atom. The average molecular weight is 1040 g/mol. The highest BCUT2D eigenvalue weighted by Crippen LogP contribution is 2.17. The Morgan fingerprint density at radius 3 is 1.05 bits per heavy atom. The van der Waals surface area contributed by atoms with Crippen molar-refractivity contribution < 1.29 is 24.5 Å². The third kappa shape index (κ3) is 59.1. The van der Waals surface area contributed by atoms with Crippen LogP contribution in [0.4, 0.5) is 0 Å². The molecule has 0 spiro atoms. The first-order valence-electron chi connectivity index (χ1n) is 32.9. The van der Waals surface area contributed by atoms with E-state index in [1.54, 1.807) is 6.08 Å². The van der Waals surface area contributed by atoms with Crippen molar-refractivity contribution in [1.29, 1.82) is 0 Å². The molecule has 0 aliphatic carbocycles. The van der Waals surface area contributed by atoms with Crippen LogP contribution in [0.2, 0.25) is 0 Å². The second kappa shape index (κ2) is 63.4. The topological polar surface area (TPSA) is 95.9 Å². The Balaban J connectivity index is 3.43. The first kappa shape index (κ1) is 71.8. The van der Waals surface area contributed by atoms with Gasteiger partial charge in [-0.2, -0.15) is 0 Å². The molecule has 0 aliphatic heterocycles. The number of aliphatic hydroxyl groups is 2. The molecule has 2 atom stereocenters. The number of rotatable bonds is 61. The van der Waals surface area contributed by atoms with Crippen LogP contribution in [0.15, 0.2) is 48.6 Å². The molecule has 6 heteroatoms. The molecule has 6 nitrogen and oxygen atoms in total. The SMILES string of the molecule is CCCCCC/C=C\C/C=C\CCCCCCCC(=O)OCCCCCCCCCCCCCC/C=C\CCCCCCCCCCC(=O)NC(CO)C(O)/C=C/CCCCCCCCCCCCCCCCC. The lowest BCUT2D eigenvalue weighted by Crippen LogP contribution is -2.45. The minimum Gasteiger partial charge on any atom is -0.466 e. The molecule has 74 heavy (non-hydrogen) atoms. The molecule has 0 aromatic rings. The number of amides is 1. The number of carbonyl (C=O) groups excluding carboxylic acids is 2. The van der Waals surface area contributed by atoms with Gasteiger partial charge in [-0.15, -0.1) is 0 Å². The lowest BCUT2D eigenvalue weighted by atomic mass is 10.0. The van der Waals surface area contributed by atoms with Crippen LogP contribution in [0.5, 0.6) is 0 Å². The zero-order valence-corrected chi connectivity index (χ0v) is 49.6. The molecule has 0 aromatic carbocycles. The molecule has 0 rings (SSSR count). The van der Waals surface area contributed by atoms with Crippen LogP contribution >= 0.6 is 0 Å². The summed E-state index contributed by atoms with van der Waals surface area (Å²) in [4.78, 5) is 24.6. The maximum atomic E-state index is 12.5. The van der Waals surface area contributed by atoms with Gasteiger partial charge in [-0.25, -0.2) is 0 Å². The highest BCUT2D eigenvalue weighted by Gasteiger charge is 2.18. The van der Waals surface area contributed by atoms with Crippen molar-refractivity contribution >= 4 is 11.9 Å². The molecule has 2 unspecified atom stereocenters. The number of ether oxygens (including phenoxy) is 1. The van der Waals surface area contributed by atoms with Gasteiger partial charge in [-0.05, 0) is 89.9 Å². The minimum atomic E-state index is -0.848. The van der Waals surface area contributed by atoms with E-state index in [1.807, 2.05) is 6.08 Å². The van der Waals surface area contributed by atoms with Crippen molar-refractivity contribution in [2.45, 2.75) is 360 Å². The van der Waals surface area contributed by atoms with Gasteiger partial charge in [-0.3, -0.25) is 9.59 Å². The quantitative estimate of drug-likeness (QED) is 0.0320. The molecule has 434 valence electrons. The second-order valence-corrected chi connectivity index (χ2v) is 22.4. The normalized spacial score (nSPS) is 12.9. The van der Waals surface area contributed by atoms with E-state index in [9.17, 15) is 19.8 Å². The van der Waals surface area contributed by atoms with Crippen LogP contribution in [0.25, 0.3) is 0 Å². The summed E-state index contributed by atoms with van der Waals surface area (Å²) in [7, 11) is 0. The molecule has 0 aromatic heterocycles. The van der Waals surface area contributed by atoms with Crippen molar-refractivity contribution in [3.8, 4) is 0 Å². The molecule has 0 aliphatic rings. The van der Waals surface area contributed by atoms with Gasteiger partial charge in [0.05, 0.1) is 25.4 Å². The van der Waals surface area contributed by atoms with Gasteiger partial charge in [0.1, 0.15) is 0 Å². The largest absolute Gasteiger partial charge is 0.466 e. The van der Waals surface area contributed by atoms with Crippen molar-refractivity contribution in [2.75, 3.05) is 13.2 Å². The molecule has 0 fully saturated rings. The van der Waals surface area contributed by atoms with Crippen LogP contribution in [0, 0.1) is 0 Å². The number of allylic oxidation sites excluding steroid dienone is 7. The van der Waals surface area contributed by atoms with Crippen molar-refractivity contribution in [3.05, 3.63) is 48.6 Å². The minimum absolute atomic E-state index is 0.00151. The number of esters is 1.